The van der Waals surface area contributed by atoms with Crippen LogP contribution in [0.4, 0.5) is 0 Å². The molecule has 31 heavy (non-hydrogen) atoms. The number of pyridine rings is 2. The number of amides is 1. The van der Waals surface area contributed by atoms with Crippen LogP contribution in [0.3, 0.4) is 0 Å². The molecule has 168 valence electrons. The highest BCUT2D eigenvalue weighted by Gasteiger charge is 2.35. The van der Waals surface area contributed by atoms with Crippen molar-refractivity contribution in [3.05, 3.63) is 42.4 Å². The first-order chi connectivity index (χ1) is 14.6. The van der Waals surface area contributed by atoms with E-state index < -0.39 is 22.2 Å². The second-order valence-corrected chi connectivity index (χ2v) is 10.1. The van der Waals surface area contributed by atoms with Gasteiger partial charge >= 0.3 is 0 Å². The Balaban J connectivity index is 2.06. The van der Waals surface area contributed by atoms with E-state index in [4.69, 9.17) is 4.74 Å². The molecule has 0 fully saturated rings. The van der Waals surface area contributed by atoms with Gasteiger partial charge in [0, 0.05) is 49.2 Å². The molecule has 2 aromatic heterocycles. The molecule has 1 aliphatic heterocycles. The first-order valence-corrected chi connectivity index (χ1v) is 11.9. The zero-order valence-electron chi connectivity index (χ0n) is 18.1. The summed E-state index contributed by atoms with van der Waals surface area (Å²) in [5.74, 6) is -0.349. The highest BCUT2D eigenvalue weighted by atomic mass is 32.2. The van der Waals surface area contributed by atoms with E-state index in [1.165, 1.54) is 11.4 Å². The zero-order valence-corrected chi connectivity index (χ0v) is 18.9. The van der Waals surface area contributed by atoms with Gasteiger partial charge in [0.2, 0.25) is 15.9 Å². The van der Waals surface area contributed by atoms with Gasteiger partial charge in [0.25, 0.3) is 5.91 Å². The SMILES string of the molecule is C[C@@H]1CN([C@@H](C)CO)C(=O)c2cc(-c3cccnc3)cnc2O[C@@H]1CN(C)S(C)(=O)=O. The van der Waals surface area contributed by atoms with Crippen LogP contribution in [0.25, 0.3) is 11.1 Å². The Morgan fingerprint density at radius 3 is 2.71 bits per heavy atom. The van der Waals surface area contributed by atoms with Crippen molar-refractivity contribution in [2.24, 2.45) is 5.92 Å². The number of hydrogen-bond donors (Lipinski definition) is 1. The first kappa shape index (κ1) is 23.1. The number of aliphatic hydroxyl groups excluding tert-OH is 1. The molecule has 3 atom stereocenters. The number of ether oxygens (including phenoxy) is 1. The van der Waals surface area contributed by atoms with Crippen LogP contribution in [0, 0.1) is 5.92 Å². The van der Waals surface area contributed by atoms with E-state index in [2.05, 4.69) is 9.97 Å². The molecule has 0 bridgehead atoms. The van der Waals surface area contributed by atoms with E-state index in [1.807, 2.05) is 13.0 Å². The minimum absolute atomic E-state index is 0.112. The molecule has 0 unspecified atom stereocenters. The van der Waals surface area contributed by atoms with Crippen molar-refractivity contribution in [2.45, 2.75) is 26.0 Å². The Morgan fingerprint density at radius 1 is 1.35 bits per heavy atom. The molecule has 0 aliphatic carbocycles. The molecule has 1 aliphatic rings. The van der Waals surface area contributed by atoms with E-state index in [9.17, 15) is 18.3 Å². The van der Waals surface area contributed by atoms with Crippen LogP contribution in [0.15, 0.2) is 36.8 Å². The minimum Gasteiger partial charge on any atom is -0.472 e. The summed E-state index contributed by atoms with van der Waals surface area (Å²) < 4.78 is 31.2. The second kappa shape index (κ2) is 9.29. The number of aromatic nitrogens is 2. The Morgan fingerprint density at radius 2 is 2.10 bits per heavy atom. The van der Waals surface area contributed by atoms with Gasteiger partial charge in [-0.15, -0.1) is 0 Å². The lowest BCUT2D eigenvalue weighted by Crippen LogP contribution is -2.50. The van der Waals surface area contributed by atoms with Crippen LogP contribution in [-0.4, -0.2) is 83.8 Å². The molecule has 1 amide bonds. The van der Waals surface area contributed by atoms with Gasteiger partial charge in [-0.2, -0.15) is 0 Å². The van der Waals surface area contributed by atoms with Gasteiger partial charge in [0.15, 0.2) is 0 Å². The lowest BCUT2D eigenvalue weighted by atomic mass is 9.99. The van der Waals surface area contributed by atoms with Gasteiger partial charge in [-0.25, -0.2) is 17.7 Å². The van der Waals surface area contributed by atoms with Crippen LogP contribution < -0.4 is 4.74 Å². The average molecular weight is 449 g/mol. The van der Waals surface area contributed by atoms with E-state index in [-0.39, 0.29) is 36.4 Å². The highest BCUT2D eigenvalue weighted by Crippen LogP contribution is 2.30. The Bertz CT molecular complexity index is 1030. The maximum Gasteiger partial charge on any atom is 0.259 e. The fourth-order valence-electron chi connectivity index (χ4n) is 3.40. The molecular weight excluding hydrogens is 420 g/mol. The third kappa shape index (κ3) is 5.20. The number of aliphatic hydroxyl groups is 1. The van der Waals surface area contributed by atoms with Gasteiger partial charge in [-0.3, -0.25) is 9.78 Å². The third-order valence-corrected chi connectivity index (χ3v) is 6.80. The monoisotopic (exact) mass is 448 g/mol. The fourth-order valence-corrected chi connectivity index (χ4v) is 3.82. The molecule has 1 N–H and O–H groups in total. The number of hydrogen-bond acceptors (Lipinski definition) is 7. The van der Waals surface area contributed by atoms with Crippen LogP contribution in [0.5, 0.6) is 5.88 Å². The predicted molar refractivity (Wildman–Crippen MR) is 116 cm³/mol. The van der Waals surface area contributed by atoms with Gasteiger partial charge in [-0.05, 0) is 19.1 Å². The van der Waals surface area contributed by atoms with E-state index in [0.29, 0.717) is 12.1 Å². The largest absolute Gasteiger partial charge is 0.472 e. The Kier molecular flexibility index (Phi) is 6.93. The molecule has 3 rings (SSSR count). The van der Waals surface area contributed by atoms with E-state index in [1.54, 1.807) is 42.5 Å². The number of carbonyl (C=O) groups is 1. The summed E-state index contributed by atoms with van der Waals surface area (Å²) >= 11 is 0. The van der Waals surface area contributed by atoms with Crippen molar-refractivity contribution >= 4 is 15.9 Å². The molecule has 3 heterocycles. The topological polar surface area (TPSA) is 113 Å². The molecule has 9 nitrogen and oxygen atoms in total. The van der Waals surface area contributed by atoms with Gasteiger partial charge < -0.3 is 14.7 Å². The van der Waals surface area contributed by atoms with Crippen LogP contribution in [0.1, 0.15) is 24.2 Å². The fraction of sp³-hybridized carbons (Fsp3) is 0.476. The van der Waals surface area contributed by atoms with Crippen molar-refractivity contribution in [2.75, 3.05) is 33.0 Å². The van der Waals surface area contributed by atoms with Gasteiger partial charge in [0.1, 0.15) is 11.7 Å². The number of rotatable bonds is 6. The van der Waals surface area contributed by atoms with Crippen molar-refractivity contribution in [1.82, 2.24) is 19.2 Å². The summed E-state index contributed by atoms with van der Waals surface area (Å²) in [7, 11) is -1.92. The zero-order chi connectivity index (χ0) is 22.8. The maximum absolute atomic E-state index is 13.4. The molecule has 0 radical (unpaired) electrons. The Labute approximate surface area is 182 Å². The summed E-state index contributed by atoms with van der Waals surface area (Å²) in [5.41, 5.74) is 1.77. The van der Waals surface area contributed by atoms with Gasteiger partial charge in [-0.1, -0.05) is 13.0 Å². The second-order valence-electron chi connectivity index (χ2n) is 7.98. The normalized spacial score (nSPS) is 20.6. The number of nitrogens with zero attached hydrogens (tertiary/aromatic N) is 4. The molecule has 0 spiro atoms. The van der Waals surface area contributed by atoms with Gasteiger partial charge in [0.05, 0.1) is 25.4 Å². The van der Waals surface area contributed by atoms with Crippen molar-refractivity contribution in [1.29, 1.82) is 0 Å². The standard InChI is InChI=1S/C21H28N4O5S/c1-14-11-25(15(2)13-26)21(27)18-8-17(16-6-5-7-22-9-16)10-23-20(18)30-19(14)12-24(3)31(4,28)29/h5-10,14-15,19,26H,11-13H2,1-4H3/t14-,15+,19-/m1/s1. The summed E-state index contributed by atoms with van der Waals surface area (Å²) in [6.07, 6.45) is 5.55. The molecule has 0 aromatic carbocycles. The van der Waals surface area contributed by atoms with Crippen LogP contribution >= 0.6 is 0 Å². The number of likely N-dealkylation sites (N-methyl/N-ethyl adjacent to an activating group) is 1. The summed E-state index contributed by atoms with van der Waals surface area (Å²) in [4.78, 5) is 23.5. The predicted octanol–water partition coefficient (Wildman–Crippen LogP) is 1.26. The van der Waals surface area contributed by atoms with Crippen LogP contribution in [0.2, 0.25) is 0 Å². The van der Waals surface area contributed by atoms with Crippen molar-refractivity contribution < 1.29 is 23.1 Å². The Hall–Kier alpha value is -2.56. The van der Waals surface area contributed by atoms with E-state index >= 15 is 0 Å². The first-order valence-electron chi connectivity index (χ1n) is 10.0. The molecular formula is C21H28N4O5S. The van der Waals surface area contributed by atoms with Crippen molar-refractivity contribution in [3.8, 4) is 17.0 Å². The highest BCUT2D eigenvalue weighted by molar-refractivity contribution is 7.88. The number of carbonyl (C=O) groups excluding carboxylic acids is 1. The van der Waals surface area contributed by atoms with Crippen LogP contribution in [-0.2, 0) is 10.0 Å². The minimum atomic E-state index is -3.41. The smallest absolute Gasteiger partial charge is 0.259 e. The molecule has 10 heteroatoms. The quantitative estimate of drug-likeness (QED) is 0.708. The summed E-state index contributed by atoms with van der Waals surface area (Å²) in [6.45, 7) is 3.88. The average Bonchev–Trinajstić information content (AvgIpc) is 2.75. The molecule has 2 aromatic rings. The lowest BCUT2D eigenvalue weighted by Gasteiger charge is -2.37. The van der Waals surface area contributed by atoms with Crippen molar-refractivity contribution in [3.63, 3.8) is 0 Å². The number of fused-ring (bicyclic) bond motifs is 1. The van der Waals surface area contributed by atoms with E-state index in [0.717, 1.165) is 11.8 Å². The lowest BCUT2D eigenvalue weighted by molar-refractivity contribution is 0.0374. The third-order valence-electron chi connectivity index (χ3n) is 5.52. The molecule has 0 saturated carbocycles. The number of sulfonamides is 1. The summed E-state index contributed by atoms with van der Waals surface area (Å²) in [6, 6.07) is 4.94. The molecule has 0 saturated heterocycles. The summed E-state index contributed by atoms with van der Waals surface area (Å²) in [5, 5.41) is 9.72. The maximum atomic E-state index is 13.4.